The number of benzene rings is 1. The summed E-state index contributed by atoms with van der Waals surface area (Å²) in [5.74, 6) is -0.222. The van der Waals surface area contributed by atoms with E-state index in [4.69, 9.17) is 4.74 Å². The molecule has 21 heavy (non-hydrogen) atoms. The number of methoxy groups -OCH3 is 1. The van der Waals surface area contributed by atoms with E-state index in [1.54, 1.807) is 13.1 Å². The zero-order valence-electron chi connectivity index (χ0n) is 12.1. The van der Waals surface area contributed by atoms with Crippen molar-refractivity contribution in [3.05, 3.63) is 42.1 Å². The van der Waals surface area contributed by atoms with Gasteiger partial charge in [-0.3, -0.25) is 9.89 Å². The molecule has 0 aliphatic heterocycles. The number of carbonyl (C=O) groups excluding carboxylic acids is 1. The number of hydrogen-bond acceptors (Lipinski definition) is 4. The summed E-state index contributed by atoms with van der Waals surface area (Å²) in [6, 6.07) is 11.3. The Kier molecular flexibility index (Phi) is 5.08. The fourth-order valence-electron chi connectivity index (χ4n) is 2.04. The van der Waals surface area contributed by atoms with Gasteiger partial charge in [-0.15, -0.1) is 0 Å². The van der Waals surface area contributed by atoms with E-state index < -0.39 is 6.10 Å². The van der Waals surface area contributed by atoms with Crippen molar-refractivity contribution in [3.63, 3.8) is 0 Å². The zero-order valence-corrected chi connectivity index (χ0v) is 12.1. The van der Waals surface area contributed by atoms with E-state index in [9.17, 15) is 9.90 Å². The number of hydrogen-bond donors (Lipinski definition) is 2. The lowest BCUT2D eigenvalue weighted by Crippen LogP contribution is -2.36. The Labute approximate surface area is 123 Å². The highest BCUT2D eigenvalue weighted by molar-refractivity contribution is 5.93. The molecule has 0 saturated carbocycles. The summed E-state index contributed by atoms with van der Waals surface area (Å²) >= 11 is 0. The Morgan fingerprint density at radius 3 is 2.81 bits per heavy atom. The maximum Gasteiger partial charge on any atom is 0.271 e. The molecule has 0 fully saturated rings. The molecule has 1 aromatic carbocycles. The van der Waals surface area contributed by atoms with Crippen molar-refractivity contribution >= 4 is 5.91 Å². The van der Waals surface area contributed by atoms with Crippen LogP contribution in [0.1, 0.15) is 10.5 Å². The van der Waals surface area contributed by atoms with Crippen LogP contribution in [-0.2, 0) is 4.74 Å². The molecular formula is C15H19N3O3. The summed E-state index contributed by atoms with van der Waals surface area (Å²) in [5, 5.41) is 16.5. The molecule has 1 heterocycles. The molecule has 1 atom stereocenters. The highest BCUT2D eigenvalue weighted by atomic mass is 16.5. The molecule has 1 amide bonds. The maximum absolute atomic E-state index is 12.2. The monoisotopic (exact) mass is 289 g/mol. The van der Waals surface area contributed by atoms with Gasteiger partial charge in [0.15, 0.2) is 0 Å². The highest BCUT2D eigenvalue weighted by Crippen LogP contribution is 2.17. The van der Waals surface area contributed by atoms with E-state index in [0.29, 0.717) is 11.4 Å². The van der Waals surface area contributed by atoms with Crippen molar-refractivity contribution in [2.75, 3.05) is 27.3 Å². The van der Waals surface area contributed by atoms with Crippen molar-refractivity contribution in [2.45, 2.75) is 6.10 Å². The van der Waals surface area contributed by atoms with E-state index >= 15 is 0 Å². The van der Waals surface area contributed by atoms with Crippen molar-refractivity contribution in [2.24, 2.45) is 0 Å². The average Bonchev–Trinajstić information content (AvgIpc) is 2.97. The van der Waals surface area contributed by atoms with Gasteiger partial charge in [-0.25, -0.2) is 0 Å². The summed E-state index contributed by atoms with van der Waals surface area (Å²) in [4.78, 5) is 13.7. The number of H-pyrrole nitrogens is 1. The van der Waals surface area contributed by atoms with Crippen molar-refractivity contribution in [1.82, 2.24) is 15.1 Å². The second-order valence-electron chi connectivity index (χ2n) is 4.83. The number of amides is 1. The van der Waals surface area contributed by atoms with Gasteiger partial charge in [-0.2, -0.15) is 5.10 Å². The van der Waals surface area contributed by atoms with E-state index in [2.05, 4.69) is 10.2 Å². The minimum Gasteiger partial charge on any atom is -0.389 e. The van der Waals surface area contributed by atoms with Crippen LogP contribution in [0.25, 0.3) is 11.3 Å². The number of rotatable bonds is 6. The molecule has 0 saturated heterocycles. The number of aromatic nitrogens is 2. The molecule has 0 spiro atoms. The summed E-state index contributed by atoms with van der Waals surface area (Å²) in [6.45, 7) is 0.391. The van der Waals surface area contributed by atoms with Gasteiger partial charge in [-0.05, 0) is 6.07 Å². The Bertz CT molecular complexity index is 583. The Morgan fingerprint density at radius 1 is 1.43 bits per heavy atom. The number of likely N-dealkylation sites (N-methyl/N-ethyl adjacent to an activating group) is 1. The summed E-state index contributed by atoms with van der Waals surface area (Å²) in [5.41, 5.74) is 2.04. The Balaban J connectivity index is 2.05. The van der Waals surface area contributed by atoms with Crippen LogP contribution in [0, 0.1) is 0 Å². The van der Waals surface area contributed by atoms with E-state index in [-0.39, 0.29) is 19.1 Å². The number of aromatic amines is 1. The third-order valence-corrected chi connectivity index (χ3v) is 3.07. The first-order valence-electron chi connectivity index (χ1n) is 6.65. The lowest BCUT2D eigenvalue weighted by Gasteiger charge is -2.19. The molecule has 0 bridgehead atoms. The van der Waals surface area contributed by atoms with Gasteiger partial charge in [0.1, 0.15) is 5.69 Å². The molecule has 2 rings (SSSR count). The van der Waals surface area contributed by atoms with Crippen LogP contribution in [-0.4, -0.2) is 59.5 Å². The van der Waals surface area contributed by atoms with Gasteiger partial charge in [0.05, 0.1) is 18.4 Å². The van der Waals surface area contributed by atoms with Crippen molar-refractivity contribution < 1.29 is 14.6 Å². The number of nitrogens with zero attached hydrogens (tertiary/aromatic N) is 2. The van der Waals surface area contributed by atoms with Gasteiger partial charge in [0.25, 0.3) is 5.91 Å². The predicted molar refractivity (Wildman–Crippen MR) is 78.9 cm³/mol. The minimum atomic E-state index is -0.708. The second kappa shape index (κ2) is 7.01. The van der Waals surface area contributed by atoms with E-state index in [1.165, 1.54) is 12.0 Å². The molecule has 0 aliphatic rings. The third-order valence-electron chi connectivity index (χ3n) is 3.07. The summed E-state index contributed by atoms with van der Waals surface area (Å²) in [6.07, 6.45) is -0.708. The van der Waals surface area contributed by atoms with Crippen LogP contribution >= 0.6 is 0 Å². The molecule has 112 valence electrons. The van der Waals surface area contributed by atoms with Crippen LogP contribution in [0.3, 0.4) is 0 Å². The van der Waals surface area contributed by atoms with Gasteiger partial charge in [0, 0.05) is 26.3 Å². The highest BCUT2D eigenvalue weighted by Gasteiger charge is 2.18. The van der Waals surface area contributed by atoms with Gasteiger partial charge in [0.2, 0.25) is 0 Å². The van der Waals surface area contributed by atoms with Crippen LogP contribution < -0.4 is 0 Å². The first-order valence-corrected chi connectivity index (χ1v) is 6.65. The van der Waals surface area contributed by atoms with Crippen molar-refractivity contribution in [1.29, 1.82) is 0 Å². The van der Waals surface area contributed by atoms with E-state index in [1.807, 2.05) is 30.3 Å². The summed E-state index contributed by atoms with van der Waals surface area (Å²) < 4.78 is 4.84. The first kappa shape index (κ1) is 15.2. The van der Waals surface area contributed by atoms with Gasteiger partial charge >= 0.3 is 0 Å². The van der Waals surface area contributed by atoms with Crippen LogP contribution in [0.4, 0.5) is 0 Å². The molecule has 6 nitrogen and oxygen atoms in total. The Morgan fingerprint density at radius 2 is 2.14 bits per heavy atom. The average molecular weight is 289 g/mol. The number of carbonyl (C=O) groups is 1. The first-order chi connectivity index (χ1) is 10.1. The number of aliphatic hydroxyl groups excluding tert-OH is 1. The normalized spacial score (nSPS) is 12.1. The number of nitrogens with one attached hydrogen (secondary N) is 1. The molecule has 1 unspecified atom stereocenters. The lowest BCUT2D eigenvalue weighted by atomic mass is 10.1. The number of aliphatic hydroxyl groups is 1. The SMILES string of the molecule is COCC(O)CN(C)C(=O)c1cc(-c2ccccc2)n[nH]1. The maximum atomic E-state index is 12.2. The molecule has 6 heteroatoms. The Hall–Kier alpha value is -2.18. The molecule has 2 N–H and O–H groups in total. The topological polar surface area (TPSA) is 78.5 Å². The van der Waals surface area contributed by atoms with Crippen LogP contribution in [0.2, 0.25) is 0 Å². The molecule has 1 aromatic heterocycles. The molecular weight excluding hydrogens is 270 g/mol. The molecule has 0 radical (unpaired) electrons. The van der Waals surface area contributed by atoms with Crippen LogP contribution in [0.5, 0.6) is 0 Å². The zero-order chi connectivity index (χ0) is 15.2. The summed E-state index contributed by atoms with van der Waals surface area (Å²) in [7, 11) is 3.14. The molecule has 2 aromatic rings. The lowest BCUT2D eigenvalue weighted by molar-refractivity contribution is 0.0378. The smallest absolute Gasteiger partial charge is 0.271 e. The third kappa shape index (κ3) is 3.90. The fraction of sp³-hybridized carbons (Fsp3) is 0.333. The quantitative estimate of drug-likeness (QED) is 0.836. The largest absolute Gasteiger partial charge is 0.389 e. The fourth-order valence-corrected chi connectivity index (χ4v) is 2.04. The predicted octanol–water partition coefficient (Wildman–Crippen LogP) is 1.16. The van der Waals surface area contributed by atoms with Crippen LogP contribution in [0.15, 0.2) is 36.4 Å². The second-order valence-corrected chi connectivity index (χ2v) is 4.83. The van der Waals surface area contributed by atoms with Gasteiger partial charge < -0.3 is 14.7 Å². The van der Waals surface area contributed by atoms with E-state index in [0.717, 1.165) is 5.56 Å². The van der Waals surface area contributed by atoms with Gasteiger partial charge in [-0.1, -0.05) is 30.3 Å². The standard InChI is InChI=1S/C15H19N3O3/c1-18(9-12(19)10-21-2)15(20)14-8-13(16-17-14)11-6-4-3-5-7-11/h3-8,12,19H,9-10H2,1-2H3,(H,16,17). The minimum absolute atomic E-state index is 0.190. The number of ether oxygens (including phenoxy) is 1. The van der Waals surface area contributed by atoms with Crippen molar-refractivity contribution in [3.8, 4) is 11.3 Å². The molecule has 0 aliphatic carbocycles.